The summed E-state index contributed by atoms with van der Waals surface area (Å²) in [5, 5.41) is 0.604. The number of H-pyrrole nitrogens is 1. The Balaban J connectivity index is 1.82. The molecule has 0 bridgehead atoms. The molecular formula is C21H25N3O3. The van der Waals surface area contributed by atoms with Gasteiger partial charge in [0, 0.05) is 6.54 Å². The first kappa shape index (κ1) is 18.9. The summed E-state index contributed by atoms with van der Waals surface area (Å²) in [6.45, 7) is 5.24. The third kappa shape index (κ3) is 4.11. The van der Waals surface area contributed by atoms with Crippen LogP contribution in [0, 0.1) is 0 Å². The van der Waals surface area contributed by atoms with E-state index in [0.29, 0.717) is 35.6 Å². The average Bonchev–Trinajstić information content (AvgIpc) is 2.68. The van der Waals surface area contributed by atoms with Crippen LogP contribution in [0.1, 0.15) is 31.3 Å². The van der Waals surface area contributed by atoms with Crippen LogP contribution in [-0.2, 0) is 6.54 Å². The minimum absolute atomic E-state index is 0.0557. The molecule has 0 saturated heterocycles. The molecule has 6 nitrogen and oxygen atoms in total. The van der Waals surface area contributed by atoms with Crippen molar-refractivity contribution in [2.45, 2.75) is 26.4 Å². The SMILES string of the molecule is CCOc1ccc(CN(C)C(C)c2nc3ccccc3c(=O)[nH]2)cc1OC. The highest BCUT2D eigenvalue weighted by atomic mass is 16.5. The molecule has 27 heavy (non-hydrogen) atoms. The number of para-hydroxylation sites is 1. The lowest BCUT2D eigenvalue weighted by atomic mass is 10.1. The molecule has 0 aliphatic heterocycles. The lowest BCUT2D eigenvalue weighted by Crippen LogP contribution is -2.26. The van der Waals surface area contributed by atoms with Crippen molar-refractivity contribution in [3.05, 3.63) is 64.2 Å². The van der Waals surface area contributed by atoms with E-state index in [1.807, 2.05) is 57.3 Å². The Labute approximate surface area is 158 Å². The molecule has 1 atom stereocenters. The quantitative estimate of drug-likeness (QED) is 0.692. The van der Waals surface area contributed by atoms with Crippen molar-refractivity contribution in [3.8, 4) is 11.5 Å². The van der Waals surface area contributed by atoms with E-state index in [1.54, 1.807) is 13.2 Å². The number of ether oxygens (including phenoxy) is 2. The number of benzene rings is 2. The second-order valence-corrected chi connectivity index (χ2v) is 6.48. The Morgan fingerprint density at radius 2 is 1.96 bits per heavy atom. The predicted octanol–water partition coefficient (Wildman–Crippen LogP) is 3.52. The van der Waals surface area contributed by atoms with E-state index in [2.05, 4.69) is 14.9 Å². The van der Waals surface area contributed by atoms with Gasteiger partial charge in [-0.2, -0.15) is 0 Å². The standard InChI is InChI=1S/C21H25N3O3/c1-5-27-18-11-10-15(12-19(18)26-4)13-24(3)14(2)20-22-17-9-7-6-8-16(17)21(25)23-20/h6-12,14H,5,13H2,1-4H3,(H,22,23,25). The molecule has 142 valence electrons. The van der Waals surface area contributed by atoms with E-state index in [9.17, 15) is 4.79 Å². The third-order valence-electron chi connectivity index (χ3n) is 4.65. The van der Waals surface area contributed by atoms with Crippen LogP contribution in [0.4, 0.5) is 0 Å². The Bertz CT molecular complexity index is 984. The molecule has 1 aromatic heterocycles. The van der Waals surface area contributed by atoms with Crippen LogP contribution in [0.5, 0.6) is 11.5 Å². The van der Waals surface area contributed by atoms with Gasteiger partial charge in [0.15, 0.2) is 11.5 Å². The van der Waals surface area contributed by atoms with E-state index in [0.717, 1.165) is 11.3 Å². The normalized spacial score (nSPS) is 12.3. The summed E-state index contributed by atoms with van der Waals surface area (Å²) < 4.78 is 11.0. The number of aromatic nitrogens is 2. The molecule has 3 rings (SSSR count). The number of nitrogens with zero attached hydrogens (tertiary/aromatic N) is 2. The van der Waals surface area contributed by atoms with Gasteiger partial charge in [-0.15, -0.1) is 0 Å². The zero-order chi connectivity index (χ0) is 19.4. The molecule has 0 saturated carbocycles. The van der Waals surface area contributed by atoms with Gasteiger partial charge in [-0.3, -0.25) is 9.69 Å². The maximum atomic E-state index is 12.3. The highest BCUT2D eigenvalue weighted by Crippen LogP contribution is 2.29. The Morgan fingerprint density at radius 1 is 1.19 bits per heavy atom. The van der Waals surface area contributed by atoms with Crippen LogP contribution in [0.2, 0.25) is 0 Å². The molecule has 1 N–H and O–H groups in total. The lowest BCUT2D eigenvalue weighted by Gasteiger charge is -2.24. The Hall–Kier alpha value is -2.86. The van der Waals surface area contributed by atoms with Crippen LogP contribution in [-0.4, -0.2) is 35.6 Å². The molecule has 0 aliphatic rings. The van der Waals surface area contributed by atoms with Crippen LogP contribution in [0.3, 0.4) is 0 Å². The maximum Gasteiger partial charge on any atom is 0.258 e. The zero-order valence-corrected chi connectivity index (χ0v) is 16.2. The van der Waals surface area contributed by atoms with Crippen LogP contribution < -0.4 is 15.0 Å². The number of aromatic amines is 1. The summed E-state index contributed by atoms with van der Waals surface area (Å²) in [6.07, 6.45) is 0. The van der Waals surface area contributed by atoms with Gasteiger partial charge in [0.25, 0.3) is 5.56 Å². The van der Waals surface area contributed by atoms with Crippen LogP contribution in [0.25, 0.3) is 10.9 Å². The number of fused-ring (bicyclic) bond motifs is 1. The fourth-order valence-electron chi connectivity index (χ4n) is 3.02. The largest absolute Gasteiger partial charge is 0.493 e. The van der Waals surface area contributed by atoms with Gasteiger partial charge < -0.3 is 14.5 Å². The summed E-state index contributed by atoms with van der Waals surface area (Å²) in [5.41, 5.74) is 1.69. The van der Waals surface area contributed by atoms with Gasteiger partial charge in [-0.25, -0.2) is 4.98 Å². The smallest absolute Gasteiger partial charge is 0.258 e. The molecule has 6 heteroatoms. The number of rotatable bonds is 7. The van der Waals surface area contributed by atoms with Crippen molar-refractivity contribution in [1.82, 2.24) is 14.9 Å². The highest BCUT2D eigenvalue weighted by Gasteiger charge is 2.17. The van der Waals surface area contributed by atoms with Gasteiger partial charge in [0.1, 0.15) is 5.82 Å². The second-order valence-electron chi connectivity index (χ2n) is 6.48. The molecule has 0 amide bonds. The first-order valence-corrected chi connectivity index (χ1v) is 9.02. The van der Waals surface area contributed by atoms with Crippen molar-refractivity contribution in [2.75, 3.05) is 20.8 Å². The third-order valence-corrected chi connectivity index (χ3v) is 4.65. The van der Waals surface area contributed by atoms with Gasteiger partial charge >= 0.3 is 0 Å². The minimum Gasteiger partial charge on any atom is -0.493 e. The van der Waals surface area contributed by atoms with Gasteiger partial charge in [0.05, 0.1) is 30.7 Å². The van der Waals surface area contributed by atoms with Crippen molar-refractivity contribution < 1.29 is 9.47 Å². The van der Waals surface area contributed by atoms with Crippen molar-refractivity contribution >= 4 is 10.9 Å². The molecule has 0 aliphatic carbocycles. The fraction of sp³-hybridized carbons (Fsp3) is 0.333. The summed E-state index contributed by atoms with van der Waals surface area (Å²) in [6, 6.07) is 13.2. The molecule has 1 unspecified atom stereocenters. The molecular weight excluding hydrogens is 342 g/mol. The summed E-state index contributed by atoms with van der Waals surface area (Å²) in [7, 11) is 3.64. The summed E-state index contributed by atoms with van der Waals surface area (Å²) in [5.74, 6) is 2.10. The van der Waals surface area contributed by atoms with Gasteiger partial charge in [0.2, 0.25) is 0 Å². The first-order valence-electron chi connectivity index (χ1n) is 9.02. The topological polar surface area (TPSA) is 67.5 Å². The minimum atomic E-state index is -0.112. The van der Waals surface area contributed by atoms with E-state index in [4.69, 9.17) is 9.47 Å². The highest BCUT2D eigenvalue weighted by molar-refractivity contribution is 5.77. The first-order chi connectivity index (χ1) is 13.0. The van der Waals surface area contributed by atoms with Crippen molar-refractivity contribution in [3.63, 3.8) is 0 Å². The van der Waals surface area contributed by atoms with E-state index < -0.39 is 0 Å². The Kier molecular flexibility index (Phi) is 5.76. The summed E-state index contributed by atoms with van der Waals surface area (Å²) >= 11 is 0. The molecule has 2 aromatic carbocycles. The molecule has 0 radical (unpaired) electrons. The monoisotopic (exact) mass is 367 g/mol. The molecule has 3 aromatic rings. The van der Waals surface area contributed by atoms with Crippen molar-refractivity contribution in [1.29, 1.82) is 0 Å². The van der Waals surface area contributed by atoms with Crippen LogP contribution >= 0.6 is 0 Å². The predicted molar refractivity (Wildman–Crippen MR) is 106 cm³/mol. The van der Waals surface area contributed by atoms with Crippen LogP contribution in [0.15, 0.2) is 47.3 Å². The van der Waals surface area contributed by atoms with E-state index >= 15 is 0 Å². The van der Waals surface area contributed by atoms with Gasteiger partial charge in [-0.1, -0.05) is 18.2 Å². The average molecular weight is 367 g/mol. The summed E-state index contributed by atoms with van der Waals surface area (Å²) in [4.78, 5) is 22.0. The van der Waals surface area contributed by atoms with Crippen molar-refractivity contribution in [2.24, 2.45) is 0 Å². The maximum absolute atomic E-state index is 12.3. The molecule has 0 fully saturated rings. The number of methoxy groups -OCH3 is 1. The van der Waals surface area contributed by atoms with E-state index in [-0.39, 0.29) is 11.6 Å². The second kappa shape index (κ2) is 8.22. The molecule has 1 heterocycles. The number of hydrogen-bond acceptors (Lipinski definition) is 5. The Morgan fingerprint density at radius 3 is 2.70 bits per heavy atom. The van der Waals surface area contributed by atoms with Gasteiger partial charge in [-0.05, 0) is 50.7 Å². The molecule has 0 spiro atoms. The van der Waals surface area contributed by atoms with E-state index in [1.165, 1.54) is 0 Å². The number of nitrogens with one attached hydrogen (secondary N) is 1. The fourth-order valence-corrected chi connectivity index (χ4v) is 3.02. The lowest BCUT2D eigenvalue weighted by molar-refractivity contribution is 0.243. The zero-order valence-electron chi connectivity index (χ0n) is 16.2. The number of hydrogen-bond donors (Lipinski definition) is 1.